The predicted molar refractivity (Wildman–Crippen MR) is 142 cm³/mol. The highest BCUT2D eigenvalue weighted by Gasteiger charge is 2.28. The summed E-state index contributed by atoms with van der Waals surface area (Å²) in [6.07, 6.45) is 0. The fourth-order valence-corrected chi connectivity index (χ4v) is 4.34. The minimum absolute atomic E-state index is 0.0485. The molecule has 0 aliphatic rings. The largest absolute Gasteiger partial charge is 0.383 e. The Balaban J connectivity index is 1.88. The number of benzene rings is 2. The molecule has 0 unspecified atom stereocenters. The van der Waals surface area contributed by atoms with Gasteiger partial charge in [-0.2, -0.15) is 0 Å². The number of nitrogens with one attached hydrogen (secondary N) is 1. The lowest BCUT2D eigenvalue weighted by molar-refractivity contribution is 0.0967. The molecule has 0 fully saturated rings. The van der Waals surface area contributed by atoms with Crippen LogP contribution in [0.5, 0.6) is 0 Å². The molecule has 2 heterocycles. The zero-order valence-corrected chi connectivity index (χ0v) is 20.7. The molecule has 0 bridgehead atoms. The molecule has 36 heavy (non-hydrogen) atoms. The maximum atomic E-state index is 14.1. The molecule has 2 aromatic carbocycles. The molecule has 9 heteroatoms. The third kappa shape index (κ3) is 4.96. The van der Waals surface area contributed by atoms with E-state index in [4.69, 9.17) is 10.5 Å². The van der Waals surface area contributed by atoms with Gasteiger partial charge < -0.3 is 15.0 Å². The number of aromatic nitrogens is 3. The maximum absolute atomic E-state index is 14.1. The zero-order valence-electron chi connectivity index (χ0n) is 20.7. The van der Waals surface area contributed by atoms with Crippen molar-refractivity contribution in [2.24, 2.45) is 5.92 Å². The number of nitrogens with zero attached hydrogens (tertiary/aromatic N) is 3. The highest BCUT2D eigenvalue weighted by molar-refractivity contribution is 6.09. The predicted octanol–water partition coefficient (Wildman–Crippen LogP) is 3.07. The topological polar surface area (TPSA) is 115 Å². The Kier molecular flexibility index (Phi) is 7.40. The van der Waals surface area contributed by atoms with Gasteiger partial charge >= 0.3 is 5.69 Å². The van der Waals surface area contributed by atoms with E-state index in [1.54, 1.807) is 0 Å². The number of hydrogen-bond acceptors (Lipinski definition) is 5. The Morgan fingerprint density at radius 3 is 2.44 bits per heavy atom. The number of aromatic amines is 1. The molecule has 0 aliphatic carbocycles. The lowest BCUT2D eigenvalue weighted by atomic mass is 10.2. The van der Waals surface area contributed by atoms with Crippen molar-refractivity contribution in [1.82, 2.24) is 14.1 Å². The number of methoxy groups -OCH3 is 1. The van der Waals surface area contributed by atoms with E-state index in [0.717, 1.165) is 16.5 Å². The van der Waals surface area contributed by atoms with Gasteiger partial charge in [0.1, 0.15) is 11.5 Å². The molecule has 1 amide bonds. The summed E-state index contributed by atoms with van der Waals surface area (Å²) < 4.78 is 8.47. The lowest BCUT2D eigenvalue weighted by Crippen LogP contribution is -2.43. The summed E-state index contributed by atoms with van der Waals surface area (Å²) in [6.45, 7) is 4.89. The number of fused-ring (bicyclic) bond motifs is 1. The molecule has 0 radical (unpaired) electrons. The number of nitrogens with two attached hydrogens (primary N) is 1. The van der Waals surface area contributed by atoms with Crippen LogP contribution in [0.15, 0.2) is 70.3 Å². The van der Waals surface area contributed by atoms with Crippen molar-refractivity contribution in [3.8, 4) is 0 Å². The first kappa shape index (κ1) is 25.0. The molecular weight excluding hydrogens is 458 g/mol. The molecule has 0 saturated carbocycles. The number of carbonyl (C=O) groups excluding carboxylic acids is 1. The van der Waals surface area contributed by atoms with Gasteiger partial charge in [0.05, 0.1) is 6.61 Å². The Labute approximate surface area is 208 Å². The molecule has 188 valence electrons. The maximum Gasteiger partial charge on any atom is 0.330 e. The second-order valence-electron chi connectivity index (χ2n) is 9.11. The van der Waals surface area contributed by atoms with Crippen LogP contribution in [-0.4, -0.2) is 40.3 Å². The molecule has 3 N–H and O–H groups in total. The number of H-pyrrole nitrogens is 1. The molecule has 4 aromatic rings. The van der Waals surface area contributed by atoms with Crippen LogP contribution in [-0.2, 0) is 17.8 Å². The van der Waals surface area contributed by atoms with Gasteiger partial charge in [0.2, 0.25) is 0 Å². The fourth-order valence-electron chi connectivity index (χ4n) is 4.34. The lowest BCUT2D eigenvalue weighted by Gasteiger charge is -2.25. The molecule has 0 saturated heterocycles. The van der Waals surface area contributed by atoms with Crippen LogP contribution in [0.3, 0.4) is 0 Å². The number of para-hydroxylation sites is 1. The Hall–Kier alpha value is -4.11. The van der Waals surface area contributed by atoms with Crippen LogP contribution in [0.25, 0.3) is 10.9 Å². The first-order valence-electron chi connectivity index (χ1n) is 11.9. The third-order valence-corrected chi connectivity index (χ3v) is 6.01. The Morgan fingerprint density at radius 1 is 1.06 bits per heavy atom. The van der Waals surface area contributed by atoms with Gasteiger partial charge in [0.15, 0.2) is 5.69 Å². The van der Waals surface area contributed by atoms with Gasteiger partial charge in [-0.15, -0.1) is 0 Å². The number of rotatable bonds is 9. The number of ether oxygens (including phenoxy) is 1. The van der Waals surface area contributed by atoms with Crippen LogP contribution in [0.4, 0.5) is 11.5 Å². The van der Waals surface area contributed by atoms with E-state index in [-0.39, 0.29) is 30.6 Å². The van der Waals surface area contributed by atoms with Gasteiger partial charge in [-0.3, -0.25) is 24.0 Å². The van der Waals surface area contributed by atoms with Gasteiger partial charge in [-0.25, -0.2) is 4.79 Å². The number of amides is 1. The first-order valence-corrected chi connectivity index (χ1v) is 11.9. The number of nitrogen functional groups attached to an aromatic ring is 1. The van der Waals surface area contributed by atoms with Crippen molar-refractivity contribution in [3.05, 3.63) is 92.8 Å². The summed E-state index contributed by atoms with van der Waals surface area (Å²) in [5.74, 6) is -0.362. The SMILES string of the molecule is COCCN(C(=O)c1cc2ccccc2n1Cc1ccccc1)c1c(N)n(CC(C)C)c(=O)[nH]c1=O. The first-order chi connectivity index (χ1) is 17.3. The van der Waals surface area contributed by atoms with Crippen LogP contribution in [0.2, 0.25) is 0 Å². The fraction of sp³-hybridized carbons (Fsp3) is 0.296. The van der Waals surface area contributed by atoms with E-state index in [0.29, 0.717) is 18.8 Å². The normalized spacial score (nSPS) is 11.3. The molecule has 0 aliphatic heterocycles. The van der Waals surface area contributed by atoms with E-state index in [1.165, 1.54) is 16.6 Å². The number of anilines is 2. The molecule has 4 rings (SSSR count). The van der Waals surface area contributed by atoms with Gasteiger partial charge in [0, 0.05) is 37.6 Å². The van der Waals surface area contributed by atoms with E-state index in [1.807, 2.05) is 79.1 Å². The molecule has 9 nitrogen and oxygen atoms in total. The highest BCUT2D eigenvalue weighted by Crippen LogP contribution is 2.26. The van der Waals surface area contributed by atoms with Crippen LogP contribution >= 0.6 is 0 Å². The molecule has 0 spiro atoms. The van der Waals surface area contributed by atoms with E-state index in [2.05, 4.69) is 4.98 Å². The van der Waals surface area contributed by atoms with Crippen LogP contribution in [0, 0.1) is 5.92 Å². The van der Waals surface area contributed by atoms with E-state index in [9.17, 15) is 14.4 Å². The van der Waals surface area contributed by atoms with Crippen molar-refractivity contribution < 1.29 is 9.53 Å². The Morgan fingerprint density at radius 2 is 1.75 bits per heavy atom. The van der Waals surface area contributed by atoms with Crippen molar-refractivity contribution in [1.29, 1.82) is 0 Å². The van der Waals surface area contributed by atoms with Crippen molar-refractivity contribution in [2.45, 2.75) is 26.9 Å². The number of hydrogen-bond donors (Lipinski definition) is 2. The Bertz CT molecular complexity index is 1480. The summed E-state index contributed by atoms with van der Waals surface area (Å²) in [5.41, 5.74) is 7.30. The smallest absolute Gasteiger partial charge is 0.330 e. The average Bonchev–Trinajstić information content (AvgIpc) is 3.22. The highest BCUT2D eigenvalue weighted by atomic mass is 16.5. The average molecular weight is 490 g/mol. The molecule has 2 aromatic heterocycles. The summed E-state index contributed by atoms with van der Waals surface area (Å²) >= 11 is 0. The van der Waals surface area contributed by atoms with Crippen LogP contribution in [0.1, 0.15) is 29.9 Å². The van der Waals surface area contributed by atoms with E-state index < -0.39 is 17.2 Å². The second kappa shape index (κ2) is 10.7. The second-order valence-corrected chi connectivity index (χ2v) is 9.11. The minimum Gasteiger partial charge on any atom is -0.383 e. The quantitative estimate of drug-likeness (QED) is 0.375. The van der Waals surface area contributed by atoms with Crippen molar-refractivity contribution in [2.75, 3.05) is 30.9 Å². The zero-order chi connectivity index (χ0) is 25.8. The summed E-state index contributed by atoms with van der Waals surface area (Å²) in [5, 5.41) is 0.898. The van der Waals surface area contributed by atoms with Crippen molar-refractivity contribution in [3.63, 3.8) is 0 Å². The standard InChI is InChI=1S/C27H31N5O4/c1-18(2)16-32-24(28)23(25(33)29-27(32)35)30(13-14-36-3)26(34)22-15-20-11-7-8-12-21(20)31(22)17-19-9-5-4-6-10-19/h4-12,15,18H,13-14,16-17,28H2,1-3H3,(H,29,33,35). The van der Waals surface area contributed by atoms with Crippen molar-refractivity contribution >= 4 is 28.3 Å². The summed E-state index contributed by atoms with van der Waals surface area (Å²) in [4.78, 5) is 43.2. The monoisotopic (exact) mass is 489 g/mol. The summed E-state index contributed by atoms with van der Waals surface area (Å²) in [7, 11) is 1.52. The van der Waals surface area contributed by atoms with Crippen LogP contribution < -0.4 is 21.9 Å². The number of carbonyl (C=O) groups is 1. The van der Waals surface area contributed by atoms with E-state index >= 15 is 0 Å². The van der Waals surface area contributed by atoms with Gasteiger partial charge in [-0.1, -0.05) is 62.4 Å². The summed E-state index contributed by atoms with van der Waals surface area (Å²) in [6, 6.07) is 19.4. The van der Waals surface area contributed by atoms with Gasteiger partial charge in [0.25, 0.3) is 11.5 Å². The minimum atomic E-state index is -0.715. The molecule has 0 atom stereocenters. The molecular formula is C27H31N5O4. The van der Waals surface area contributed by atoms with Gasteiger partial charge in [-0.05, 0) is 23.6 Å². The third-order valence-electron chi connectivity index (χ3n) is 6.01.